The van der Waals surface area contributed by atoms with Gasteiger partial charge in [-0.25, -0.2) is 8.96 Å². The number of aliphatic hydroxyl groups is 2. The van der Waals surface area contributed by atoms with E-state index in [1.165, 1.54) is 25.1 Å². The highest BCUT2D eigenvalue weighted by atomic mass is 35.5. The highest BCUT2D eigenvalue weighted by molar-refractivity contribution is 7.71. The number of phosphoric ester groups is 1. The van der Waals surface area contributed by atoms with Gasteiger partial charge in [0.05, 0.1) is 9.35 Å². The third-order valence-electron chi connectivity index (χ3n) is 4.62. The molecule has 1 aromatic carbocycles. The lowest BCUT2D eigenvalue weighted by Gasteiger charge is -2.28. The smallest absolute Gasteiger partial charge is 0.404 e. The van der Waals surface area contributed by atoms with Crippen molar-refractivity contribution in [1.82, 2.24) is 9.55 Å². The van der Waals surface area contributed by atoms with Crippen molar-refractivity contribution in [3.05, 3.63) is 55.7 Å². The molecule has 2 aromatic rings. The van der Waals surface area contributed by atoms with Crippen LogP contribution < -0.4 is 10.1 Å². The second kappa shape index (κ2) is 8.05. The van der Waals surface area contributed by atoms with Crippen LogP contribution in [0.25, 0.3) is 0 Å². The van der Waals surface area contributed by atoms with Crippen LogP contribution in [-0.2, 0) is 25.0 Å². The molecule has 0 amide bonds. The molecule has 5 atom stereocenters. The molecule has 2 aliphatic rings. The van der Waals surface area contributed by atoms with Crippen LogP contribution in [-0.4, -0.2) is 44.4 Å². The Labute approximate surface area is 187 Å². The van der Waals surface area contributed by atoms with Gasteiger partial charge in [0, 0.05) is 22.3 Å². The first-order valence-electron chi connectivity index (χ1n) is 9.75. The van der Waals surface area contributed by atoms with Gasteiger partial charge in [0.2, 0.25) is 0 Å². The molecule has 0 aliphatic carbocycles. The number of nitrogens with one attached hydrogen (secondary N) is 1. The van der Waals surface area contributed by atoms with Crippen LogP contribution in [0.5, 0.6) is 5.75 Å². The van der Waals surface area contributed by atoms with Gasteiger partial charge in [-0.1, -0.05) is 11.6 Å². The maximum atomic E-state index is 15.8. The summed E-state index contributed by atoms with van der Waals surface area (Å²) in [5.74, 6) is -3.74. The minimum atomic E-state index is -4.75. The van der Waals surface area contributed by atoms with Crippen LogP contribution >= 0.6 is 31.6 Å². The van der Waals surface area contributed by atoms with E-state index in [0.29, 0.717) is 10.6 Å². The molecule has 14 heteroatoms. The van der Waals surface area contributed by atoms with Crippen molar-refractivity contribution in [2.45, 2.75) is 37.8 Å². The molecule has 0 saturated carbocycles. The van der Waals surface area contributed by atoms with Crippen molar-refractivity contribution in [1.29, 1.82) is 0 Å². The Hall–Kier alpha value is -1.63. The molecule has 1 saturated heterocycles. The highest BCUT2D eigenvalue weighted by Crippen LogP contribution is 2.56. The summed E-state index contributed by atoms with van der Waals surface area (Å²) in [6.07, 6.45) is -5.19. The number of H-pyrrole nitrogens is 1. The van der Waals surface area contributed by atoms with Gasteiger partial charge in [-0.15, -0.1) is 0 Å². The number of alkyl halides is 1. The van der Waals surface area contributed by atoms with Crippen molar-refractivity contribution in [2.75, 3.05) is 6.56 Å². The average molecular weight is 497 g/mol. The summed E-state index contributed by atoms with van der Waals surface area (Å²) in [6.45, 7) is -2.59. The fourth-order valence-electron chi connectivity index (χ4n) is 2.98. The van der Waals surface area contributed by atoms with Crippen LogP contribution in [0, 0.1) is 11.7 Å². The Morgan fingerprint density at radius 3 is 3.03 bits per heavy atom. The monoisotopic (exact) mass is 496 g/mol. The number of aliphatic hydroxyl groups excluding tert-OH is 2. The van der Waals surface area contributed by atoms with Gasteiger partial charge >= 0.3 is 7.82 Å². The number of aromatic amines is 1. The zero-order valence-corrected chi connectivity index (χ0v) is 18.1. The summed E-state index contributed by atoms with van der Waals surface area (Å²) in [6, 6.07) is 4.23. The summed E-state index contributed by atoms with van der Waals surface area (Å²) in [5, 5.41) is 21.0. The molecular weight excluding hydrogens is 478 g/mol. The Kier molecular flexibility index (Phi) is 5.20. The second-order valence-electron chi connectivity index (χ2n) is 6.82. The standard InChI is InChI=1S/C17H17ClFN2O8PS/c1-8-5-21(16(31)20-14(8)24)15-12(22)13(23)17(19,28-15)7-27-30(25)26-6-9-4-10(18)2-3-11(9)29-30/h2-5,12-13,15,22-23H,6-7H2,1H3,(H,20,24,31)/t12-,13+,15-,17-,30?/m1/s1/i7D2. The molecule has 31 heavy (non-hydrogen) atoms. The average Bonchev–Trinajstić information content (AvgIpc) is 2.96. The lowest BCUT2D eigenvalue weighted by atomic mass is 10.1. The van der Waals surface area contributed by atoms with Crippen LogP contribution in [0.4, 0.5) is 4.39 Å². The van der Waals surface area contributed by atoms with Crippen LogP contribution in [0.15, 0.2) is 29.2 Å². The molecule has 4 rings (SSSR count). The van der Waals surface area contributed by atoms with E-state index in [0.717, 1.165) is 10.8 Å². The SMILES string of the molecule is [2H]C([2H])(OP1(=O)OCc2cc(Cl)ccc2O1)[C@@]1(F)O[C@@H](n2cc(C)c(=O)[nH]c2=S)[C@H](O)[C@@H]1O. The molecule has 2 aliphatic heterocycles. The molecule has 10 nitrogen and oxygen atoms in total. The van der Waals surface area contributed by atoms with Crippen molar-refractivity contribution in [3.63, 3.8) is 0 Å². The molecule has 1 fully saturated rings. The second-order valence-corrected chi connectivity index (χ2v) is 9.17. The minimum absolute atomic E-state index is 0.0125. The summed E-state index contributed by atoms with van der Waals surface area (Å²) < 4.78 is 65.3. The summed E-state index contributed by atoms with van der Waals surface area (Å²) in [5.41, 5.74) is -0.0269. The van der Waals surface area contributed by atoms with E-state index in [-0.39, 0.29) is 22.7 Å². The lowest BCUT2D eigenvalue weighted by Crippen LogP contribution is -2.43. The maximum absolute atomic E-state index is 15.8. The van der Waals surface area contributed by atoms with E-state index < -0.39 is 44.2 Å². The number of fused-ring (bicyclic) bond motifs is 1. The quantitative estimate of drug-likeness (QED) is 0.431. The topological polar surface area (TPSA) is 132 Å². The van der Waals surface area contributed by atoms with E-state index >= 15 is 4.39 Å². The largest absolute Gasteiger partial charge is 0.530 e. The van der Waals surface area contributed by atoms with Gasteiger partial charge in [0.25, 0.3) is 11.4 Å². The molecule has 1 aromatic heterocycles. The van der Waals surface area contributed by atoms with Gasteiger partial charge in [-0.3, -0.25) is 23.4 Å². The number of benzene rings is 1. The number of aromatic nitrogens is 2. The molecule has 0 spiro atoms. The molecule has 0 bridgehead atoms. The van der Waals surface area contributed by atoms with E-state index in [2.05, 4.69) is 4.98 Å². The fraction of sp³-hybridized carbons (Fsp3) is 0.412. The van der Waals surface area contributed by atoms with E-state index in [1.54, 1.807) is 0 Å². The zero-order valence-electron chi connectivity index (χ0n) is 17.7. The fourth-order valence-corrected chi connectivity index (χ4v) is 4.52. The number of nitrogens with zero attached hydrogens (tertiary/aromatic N) is 1. The van der Waals surface area contributed by atoms with Crippen molar-refractivity contribution in [3.8, 4) is 5.75 Å². The minimum Gasteiger partial charge on any atom is -0.404 e. The summed E-state index contributed by atoms with van der Waals surface area (Å²) in [4.78, 5) is 14.0. The normalized spacial score (nSPS) is 33.9. The number of rotatable bonds is 4. The number of halogens is 2. The highest BCUT2D eigenvalue weighted by Gasteiger charge is 2.57. The molecule has 1 unspecified atom stereocenters. The Balaban J connectivity index is 1.63. The zero-order chi connectivity index (χ0) is 24.3. The third kappa shape index (κ3) is 4.22. The molecular formula is C17H17ClFN2O8PS. The van der Waals surface area contributed by atoms with Gasteiger partial charge in [-0.2, -0.15) is 0 Å². The predicted octanol–water partition coefficient (Wildman–Crippen LogP) is 2.52. The van der Waals surface area contributed by atoms with E-state index in [1.807, 2.05) is 0 Å². The van der Waals surface area contributed by atoms with Crippen molar-refractivity contribution >= 4 is 31.6 Å². The maximum Gasteiger partial charge on any atom is 0.530 e. The van der Waals surface area contributed by atoms with Crippen molar-refractivity contribution in [2.24, 2.45) is 0 Å². The van der Waals surface area contributed by atoms with Crippen LogP contribution in [0.2, 0.25) is 5.02 Å². The Morgan fingerprint density at radius 2 is 2.29 bits per heavy atom. The first kappa shape index (κ1) is 20.0. The van der Waals surface area contributed by atoms with E-state index in [4.69, 9.17) is 44.9 Å². The Bertz CT molecular complexity index is 1280. The summed E-state index contributed by atoms with van der Waals surface area (Å²) >= 11 is 10.8. The number of hydrogen-bond acceptors (Lipinski definition) is 9. The number of hydrogen-bond donors (Lipinski definition) is 3. The van der Waals surface area contributed by atoms with Gasteiger partial charge in [-0.05, 0) is 37.3 Å². The van der Waals surface area contributed by atoms with Crippen molar-refractivity contribution < 1.29 is 40.2 Å². The molecule has 0 radical (unpaired) electrons. The molecule has 168 valence electrons. The van der Waals surface area contributed by atoms with Crippen LogP contribution in [0.1, 0.15) is 20.1 Å². The van der Waals surface area contributed by atoms with Gasteiger partial charge < -0.3 is 19.5 Å². The first-order chi connectivity index (χ1) is 15.3. The summed E-state index contributed by atoms with van der Waals surface area (Å²) in [7, 11) is -4.75. The first-order valence-corrected chi connectivity index (χ1v) is 11.0. The Morgan fingerprint density at radius 1 is 1.55 bits per heavy atom. The van der Waals surface area contributed by atoms with Gasteiger partial charge in [0.15, 0.2) is 11.0 Å². The predicted molar refractivity (Wildman–Crippen MR) is 107 cm³/mol. The molecule has 3 heterocycles. The number of phosphoric acid groups is 1. The third-order valence-corrected chi connectivity index (χ3v) is 6.34. The van der Waals surface area contributed by atoms with Crippen LogP contribution in [0.3, 0.4) is 0 Å². The number of ether oxygens (including phenoxy) is 1. The number of aryl methyl sites for hydroxylation is 1. The van der Waals surface area contributed by atoms with E-state index in [9.17, 15) is 19.6 Å². The lowest BCUT2D eigenvalue weighted by molar-refractivity contribution is -0.205. The molecule has 3 N–H and O–H groups in total. The van der Waals surface area contributed by atoms with Gasteiger partial charge in [0.1, 0.15) is 24.5 Å².